The van der Waals surface area contributed by atoms with Crippen molar-refractivity contribution in [2.24, 2.45) is 0 Å². The van der Waals surface area contributed by atoms with Crippen LogP contribution < -0.4 is 5.32 Å². The van der Waals surface area contributed by atoms with Crippen molar-refractivity contribution in [3.63, 3.8) is 0 Å². The van der Waals surface area contributed by atoms with E-state index in [1.807, 2.05) is 6.26 Å². The molecule has 0 radical (unpaired) electrons. The molecule has 1 aliphatic heterocycles. The molecule has 1 aromatic rings. The van der Waals surface area contributed by atoms with Crippen molar-refractivity contribution in [3.05, 3.63) is 29.8 Å². The van der Waals surface area contributed by atoms with Crippen LogP contribution in [-0.4, -0.2) is 76.7 Å². The van der Waals surface area contributed by atoms with E-state index in [2.05, 4.69) is 5.32 Å². The van der Waals surface area contributed by atoms with Gasteiger partial charge in [-0.1, -0.05) is 6.07 Å². The summed E-state index contributed by atoms with van der Waals surface area (Å²) < 4.78 is 37.2. The van der Waals surface area contributed by atoms with Crippen LogP contribution in [0.15, 0.2) is 29.2 Å². The second-order valence-electron chi connectivity index (χ2n) is 5.62. The molecule has 1 aromatic carbocycles. The lowest BCUT2D eigenvalue weighted by atomic mass is 10.2. The number of thioether (sulfide) groups is 1. The molecule has 2 rings (SSSR count). The van der Waals surface area contributed by atoms with E-state index < -0.39 is 10.0 Å². The van der Waals surface area contributed by atoms with Crippen molar-refractivity contribution in [1.29, 1.82) is 0 Å². The highest BCUT2D eigenvalue weighted by atomic mass is 32.2. The molecule has 1 fully saturated rings. The van der Waals surface area contributed by atoms with E-state index in [4.69, 9.17) is 9.47 Å². The van der Waals surface area contributed by atoms with Gasteiger partial charge in [0.1, 0.15) is 0 Å². The van der Waals surface area contributed by atoms with E-state index in [-0.39, 0.29) is 16.9 Å². The van der Waals surface area contributed by atoms with Crippen molar-refractivity contribution < 1.29 is 22.7 Å². The lowest BCUT2D eigenvalue weighted by Gasteiger charge is -2.23. The highest BCUT2D eigenvalue weighted by Crippen LogP contribution is 2.16. The Kier molecular flexibility index (Phi) is 7.70. The Balaban J connectivity index is 2.02. The fourth-order valence-electron chi connectivity index (χ4n) is 2.28. The second kappa shape index (κ2) is 9.54. The molecule has 9 heteroatoms. The van der Waals surface area contributed by atoms with Crippen LogP contribution in [0.5, 0.6) is 0 Å². The quantitative estimate of drug-likeness (QED) is 0.710. The molecule has 1 amide bonds. The number of carbonyl (C=O) groups is 1. The smallest absolute Gasteiger partial charge is 0.251 e. The lowest BCUT2D eigenvalue weighted by Crippen LogP contribution is -2.39. The summed E-state index contributed by atoms with van der Waals surface area (Å²) in [5.74, 6) is 0.373. The maximum absolute atomic E-state index is 12.6. The van der Waals surface area contributed by atoms with Crippen LogP contribution >= 0.6 is 11.8 Å². The Labute approximate surface area is 153 Å². The summed E-state index contributed by atoms with van der Waals surface area (Å²) in [6.07, 6.45) is 1.74. The fraction of sp³-hybridized carbons (Fsp3) is 0.562. The van der Waals surface area contributed by atoms with Crippen LogP contribution in [0.2, 0.25) is 0 Å². The first-order chi connectivity index (χ1) is 11.9. The molecular formula is C16H24N2O5S2. The number of amides is 1. The summed E-state index contributed by atoms with van der Waals surface area (Å²) in [5.41, 5.74) is 0.302. The molecular weight excluding hydrogens is 364 g/mol. The first-order valence-corrected chi connectivity index (χ1v) is 10.8. The van der Waals surface area contributed by atoms with Gasteiger partial charge in [0.15, 0.2) is 0 Å². The SMILES string of the molecule is CSCCN(C)S(=O)(=O)c1cccc(C(=O)NC[C@@H]2COCCO2)c1. The number of rotatable bonds is 8. The van der Waals surface area contributed by atoms with Crippen molar-refractivity contribution in [3.8, 4) is 0 Å². The van der Waals surface area contributed by atoms with Crippen LogP contribution in [-0.2, 0) is 19.5 Å². The van der Waals surface area contributed by atoms with E-state index in [1.165, 1.54) is 16.4 Å². The highest BCUT2D eigenvalue weighted by Gasteiger charge is 2.22. The largest absolute Gasteiger partial charge is 0.376 e. The highest BCUT2D eigenvalue weighted by molar-refractivity contribution is 7.98. The number of nitrogens with zero attached hydrogens (tertiary/aromatic N) is 1. The van der Waals surface area contributed by atoms with Crippen molar-refractivity contribution in [2.45, 2.75) is 11.0 Å². The third-order valence-corrected chi connectivity index (χ3v) is 6.23. The van der Waals surface area contributed by atoms with Crippen LogP contribution in [0.25, 0.3) is 0 Å². The molecule has 0 bridgehead atoms. The van der Waals surface area contributed by atoms with Crippen LogP contribution in [0, 0.1) is 0 Å². The number of benzene rings is 1. The molecule has 1 atom stereocenters. The van der Waals surface area contributed by atoms with E-state index in [1.54, 1.807) is 30.9 Å². The first kappa shape index (κ1) is 20.2. The van der Waals surface area contributed by atoms with Crippen molar-refractivity contribution in [2.75, 3.05) is 52.0 Å². The average Bonchev–Trinajstić information content (AvgIpc) is 2.65. The molecule has 1 heterocycles. The van der Waals surface area contributed by atoms with Crippen LogP contribution in [0.3, 0.4) is 0 Å². The molecule has 1 N–H and O–H groups in total. The summed E-state index contributed by atoms with van der Waals surface area (Å²) in [6, 6.07) is 6.07. The van der Waals surface area contributed by atoms with Gasteiger partial charge in [-0.3, -0.25) is 4.79 Å². The number of sulfonamides is 1. The Bertz CT molecular complexity index is 675. The molecule has 1 aliphatic rings. The third kappa shape index (κ3) is 5.68. The zero-order chi connectivity index (χ0) is 18.3. The summed E-state index contributed by atoms with van der Waals surface area (Å²) >= 11 is 1.58. The second-order valence-corrected chi connectivity index (χ2v) is 8.66. The molecule has 25 heavy (non-hydrogen) atoms. The van der Waals surface area contributed by atoms with Gasteiger partial charge in [-0.25, -0.2) is 12.7 Å². The lowest BCUT2D eigenvalue weighted by molar-refractivity contribution is -0.0855. The van der Waals surface area contributed by atoms with Gasteiger partial charge in [-0.15, -0.1) is 0 Å². The minimum atomic E-state index is -3.61. The predicted molar refractivity (Wildman–Crippen MR) is 97.5 cm³/mol. The predicted octanol–water partition coefficient (Wildman–Crippen LogP) is 0.815. The molecule has 0 spiro atoms. The van der Waals surface area contributed by atoms with Gasteiger partial charge in [0.25, 0.3) is 5.91 Å². The van der Waals surface area contributed by atoms with Crippen molar-refractivity contribution >= 4 is 27.7 Å². The molecule has 140 valence electrons. The topological polar surface area (TPSA) is 84.9 Å². The monoisotopic (exact) mass is 388 g/mol. The van der Waals surface area contributed by atoms with Gasteiger partial charge in [-0.2, -0.15) is 11.8 Å². The van der Waals surface area contributed by atoms with Crippen molar-refractivity contribution in [1.82, 2.24) is 9.62 Å². The minimum absolute atomic E-state index is 0.112. The molecule has 1 saturated heterocycles. The fourth-order valence-corrected chi connectivity index (χ4v) is 4.07. The Morgan fingerprint density at radius 2 is 2.20 bits per heavy atom. The van der Waals surface area contributed by atoms with Crippen LogP contribution in [0.4, 0.5) is 0 Å². The number of carbonyl (C=O) groups excluding carboxylic acids is 1. The number of hydrogen-bond donors (Lipinski definition) is 1. The third-order valence-electron chi connectivity index (χ3n) is 3.79. The normalized spacial score (nSPS) is 18.3. The van der Waals surface area contributed by atoms with Gasteiger partial charge in [0.05, 0.1) is 30.8 Å². The first-order valence-electron chi connectivity index (χ1n) is 7.98. The molecule has 0 aliphatic carbocycles. The Morgan fingerprint density at radius 1 is 1.40 bits per heavy atom. The van der Waals surface area contributed by atoms with Gasteiger partial charge in [-0.05, 0) is 24.5 Å². The zero-order valence-corrected chi connectivity index (χ0v) is 16.1. The maximum Gasteiger partial charge on any atom is 0.251 e. The average molecular weight is 389 g/mol. The molecule has 0 saturated carbocycles. The van der Waals surface area contributed by atoms with Gasteiger partial charge in [0, 0.05) is 31.5 Å². The maximum atomic E-state index is 12.6. The summed E-state index contributed by atoms with van der Waals surface area (Å²) in [4.78, 5) is 12.4. The summed E-state index contributed by atoms with van der Waals surface area (Å²) in [6.45, 7) is 2.25. The number of nitrogens with one attached hydrogen (secondary N) is 1. The van der Waals surface area contributed by atoms with E-state index in [0.29, 0.717) is 44.2 Å². The van der Waals surface area contributed by atoms with E-state index in [9.17, 15) is 13.2 Å². The Hall–Kier alpha value is -1.13. The van der Waals surface area contributed by atoms with Gasteiger partial charge in [0.2, 0.25) is 10.0 Å². The van der Waals surface area contributed by atoms with Crippen LogP contribution in [0.1, 0.15) is 10.4 Å². The minimum Gasteiger partial charge on any atom is -0.376 e. The molecule has 0 aromatic heterocycles. The summed E-state index contributed by atoms with van der Waals surface area (Å²) in [5, 5.41) is 2.76. The van der Waals surface area contributed by atoms with Gasteiger partial charge < -0.3 is 14.8 Å². The number of ether oxygens (including phenoxy) is 2. The summed E-state index contributed by atoms with van der Waals surface area (Å²) in [7, 11) is -2.07. The van der Waals surface area contributed by atoms with E-state index >= 15 is 0 Å². The zero-order valence-electron chi connectivity index (χ0n) is 14.4. The molecule has 0 unspecified atom stereocenters. The van der Waals surface area contributed by atoms with E-state index in [0.717, 1.165) is 0 Å². The number of hydrogen-bond acceptors (Lipinski definition) is 6. The Morgan fingerprint density at radius 3 is 2.88 bits per heavy atom. The van der Waals surface area contributed by atoms with Gasteiger partial charge >= 0.3 is 0 Å². The standard InChI is InChI=1S/C16H24N2O5S2/c1-18(6-9-24-2)25(20,21)15-5-3-4-13(10-15)16(19)17-11-14-12-22-7-8-23-14/h3-5,10,14H,6-9,11-12H2,1-2H3,(H,17,19)/t14-/m1/s1. The molecule has 7 nitrogen and oxygen atoms in total.